The topological polar surface area (TPSA) is 62.7 Å². The standard InChI is InChI=1S/C27H24N4O/c1-19-23(18-30-31(19)21-12-6-3-7-13-21)27(32)29-16-24(20-10-4-2-5-11-20)25-17-28-26-15-9-8-14-22(25)26/h2-15,17-18,24,28H,16H2,1H3,(H,29,32)/t24-/m0/s1. The quantitative estimate of drug-likeness (QED) is 0.395. The first kappa shape index (κ1) is 19.8. The lowest BCUT2D eigenvalue weighted by Gasteiger charge is -2.18. The Morgan fingerprint density at radius 2 is 1.66 bits per heavy atom. The van der Waals surface area contributed by atoms with Gasteiger partial charge in [0.05, 0.1) is 23.1 Å². The van der Waals surface area contributed by atoms with Gasteiger partial charge >= 0.3 is 0 Å². The number of aromatic amines is 1. The zero-order valence-electron chi connectivity index (χ0n) is 17.8. The van der Waals surface area contributed by atoms with Gasteiger partial charge in [0.25, 0.3) is 5.91 Å². The Hall–Kier alpha value is -4.12. The van der Waals surface area contributed by atoms with Crippen molar-refractivity contribution in [2.75, 3.05) is 6.54 Å². The van der Waals surface area contributed by atoms with Crippen LogP contribution >= 0.6 is 0 Å². The third-order valence-electron chi connectivity index (χ3n) is 5.92. The van der Waals surface area contributed by atoms with Crippen molar-refractivity contribution in [2.24, 2.45) is 0 Å². The summed E-state index contributed by atoms with van der Waals surface area (Å²) < 4.78 is 1.79. The summed E-state index contributed by atoms with van der Waals surface area (Å²) in [7, 11) is 0. The van der Waals surface area contributed by atoms with E-state index < -0.39 is 0 Å². The largest absolute Gasteiger partial charge is 0.361 e. The number of nitrogens with one attached hydrogen (secondary N) is 2. The average Bonchev–Trinajstić information content (AvgIpc) is 3.44. The molecule has 5 heteroatoms. The Balaban J connectivity index is 1.42. The number of aromatic nitrogens is 3. The minimum absolute atomic E-state index is 0.0285. The second-order valence-electron chi connectivity index (χ2n) is 7.85. The van der Waals surface area contributed by atoms with Crippen LogP contribution in [0.4, 0.5) is 0 Å². The normalized spacial score (nSPS) is 12.0. The average molecular weight is 421 g/mol. The Morgan fingerprint density at radius 3 is 2.44 bits per heavy atom. The summed E-state index contributed by atoms with van der Waals surface area (Å²) in [6, 6.07) is 28.4. The summed E-state index contributed by atoms with van der Waals surface area (Å²) in [5, 5.41) is 8.75. The lowest BCUT2D eigenvalue weighted by atomic mass is 9.91. The number of benzene rings is 3. The molecule has 3 aromatic carbocycles. The molecule has 0 unspecified atom stereocenters. The van der Waals surface area contributed by atoms with Crippen LogP contribution in [0.2, 0.25) is 0 Å². The van der Waals surface area contributed by atoms with Gasteiger partial charge in [-0.05, 0) is 36.2 Å². The van der Waals surface area contributed by atoms with Gasteiger partial charge in [-0.1, -0.05) is 66.7 Å². The van der Waals surface area contributed by atoms with E-state index >= 15 is 0 Å². The van der Waals surface area contributed by atoms with Gasteiger partial charge in [-0.25, -0.2) is 4.68 Å². The molecule has 5 aromatic rings. The first-order valence-electron chi connectivity index (χ1n) is 10.7. The van der Waals surface area contributed by atoms with E-state index in [-0.39, 0.29) is 11.8 Å². The molecule has 0 aliphatic rings. The molecule has 1 amide bonds. The molecule has 0 saturated carbocycles. The van der Waals surface area contributed by atoms with Crippen LogP contribution in [0.25, 0.3) is 16.6 Å². The van der Waals surface area contributed by atoms with E-state index in [1.807, 2.05) is 73.8 Å². The van der Waals surface area contributed by atoms with Crippen LogP contribution in [0.15, 0.2) is 97.3 Å². The van der Waals surface area contributed by atoms with E-state index in [4.69, 9.17) is 0 Å². The predicted molar refractivity (Wildman–Crippen MR) is 127 cm³/mol. The minimum Gasteiger partial charge on any atom is -0.361 e. The van der Waals surface area contributed by atoms with Gasteiger partial charge in [0.15, 0.2) is 0 Å². The molecule has 5 nitrogen and oxygen atoms in total. The molecule has 0 aliphatic carbocycles. The molecular formula is C27H24N4O. The second-order valence-corrected chi connectivity index (χ2v) is 7.85. The third kappa shape index (κ3) is 3.69. The third-order valence-corrected chi connectivity index (χ3v) is 5.92. The molecule has 2 heterocycles. The van der Waals surface area contributed by atoms with E-state index in [9.17, 15) is 4.79 Å². The van der Waals surface area contributed by atoms with Gasteiger partial charge in [-0.3, -0.25) is 4.79 Å². The number of fused-ring (bicyclic) bond motifs is 1. The molecule has 2 N–H and O–H groups in total. The number of amides is 1. The van der Waals surface area contributed by atoms with Crippen molar-refractivity contribution in [2.45, 2.75) is 12.8 Å². The lowest BCUT2D eigenvalue weighted by Crippen LogP contribution is -2.29. The highest BCUT2D eigenvalue weighted by molar-refractivity contribution is 5.95. The maximum Gasteiger partial charge on any atom is 0.254 e. The molecule has 0 bridgehead atoms. The first-order chi connectivity index (χ1) is 15.7. The van der Waals surface area contributed by atoms with Gasteiger partial charge < -0.3 is 10.3 Å². The fourth-order valence-electron chi connectivity index (χ4n) is 4.23. The van der Waals surface area contributed by atoms with Gasteiger partial charge in [0.2, 0.25) is 0 Å². The van der Waals surface area contributed by atoms with Crippen LogP contribution in [-0.4, -0.2) is 27.2 Å². The fraction of sp³-hybridized carbons (Fsp3) is 0.111. The smallest absolute Gasteiger partial charge is 0.254 e. The Labute approximate surface area is 186 Å². The van der Waals surface area contributed by atoms with E-state index in [2.05, 4.69) is 39.7 Å². The number of hydrogen-bond donors (Lipinski definition) is 2. The Kier molecular flexibility index (Phi) is 5.30. The van der Waals surface area contributed by atoms with Crippen molar-refractivity contribution in [3.8, 4) is 5.69 Å². The summed E-state index contributed by atoms with van der Waals surface area (Å²) in [6.45, 7) is 2.41. The highest BCUT2D eigenvalue weighted by Gasteiger charge is 2.21. The highest BCUT2D eigenvalue weighted by atomic mass is 16.1. The van der Waals surface area contributed by atoms with Crippen LogP contribution < -0.4 is 5.32 Å². The van der Waals surface area contributed by atoms with Crippen molar-refractivity contribution in [1.29, 1.82) is 0 Å². The van der Waals surface area contributed by atoms with Gasteiger partial charge in [0, 0.05) is 29.6 Å². The number of hydrogen-bond acceptors (Lipinski definition) is 2. The van der Waals surface area contributed by atoms with Crippen LogP contribution in [-0.2, 0) is 0 Å². The molecule has 32 heavy (non-hydrogen) atoms. The van der Waals surface area contributed by atoms with Crippen LogP contribution in [0.3, 0.4) is 0 Å². The summed E-state index contributed by atoms with van der Waals surface area (Å²) in [5.74, 6) is -0.0915. The van der Waals surface area contributed by atoms with E-state index in [1.165, 1.54) is 10.9 Å². The van der Waals surface area contributed by atoms with Crippen LogP contribution in [0.5, 0.6) is 0 Å². The molecule has 1 atom stereocenters. The van der Waals surface area contributed by atoms with Crippen LogP contribution in [0, 0.1) is 6.92 Å². The highest BCUT2D eigenvalue weighted by Crippen LogP contribution is 2.30. The molecule has 0 fully saturated rings. The van der Waals surface area contributed by atoms with Crippen molar-refractivity contribution < 1.29 is 4.79 Å². The minimum atomic E-state index is -0.120. The predicted octanol–water partition coefficient (Wildman–Crippen LogP) is 5.22. The number of carbonyl (C=O) groups is 1. The van der Waals surface area contributed by atoms with Crippen LogP contribution in [0.1, 0.15) is 33.1 Å². The lowest BCUT2D eigenvalue weighted by molar-refractivity contribution is 0.0952. The molecule has 0 aliphatic heterocycles. The molecular weight excluding hydrogens is 396 g/mol. The van der Waals surface area contributed by atoms with E-state index in [0.717, 1.165) is 22.5 Å². The van der Waals surface area contributed by atoms with Gasteiger partial charge in [-0.2, -0.15) is 5.10 Å². The monoisotopic (exact) mass is 420 g/mol. The molecule has 0 saturated heterocycles. The number of carbonyl (C=O) groups excluding carboxylic acids is 1. The van der Waals surface area contributed by atoms with Crippen molar-refractivity contribution in [3.63, 3.8) is 0 Å². The maximum atomic E-state index is 13.1. The Bertz CT molecular complexity index is 1350. The second kappa shape index (κ2) is 8.55. The van der Waals surface area contributed by atoms with E-state index in [1.54, 1.807) is 10.9 Å². The first-order valence-corrected chi connectivity index (χ1v) is 10.7. The van der Waals surface area contributed by atoms with Gasteiger partial charge in [0.1, 0.15) is 0 Å². The van der Waals surface area contributed by atoms with Crippen molar-refractivity contribution in [1.82, 2.24) is 20.1 Å². The summed E-state index contributed by atoms with van der Waals surface area (Å²) in [4.78, 5) is 16.5. The summed E-state index contributed by atoms with van der Waals surface area (Å²) in [5.41, 5.74) is 5.76. The Morgan fingerprint density at radius 1 is 0.969 bits per heavy atom. The number of para-hydroxylation sites is 2. The molecule has 5 rings (SSSR count). The fourth-order valence-corrected chi connectivity index (χ4v) is 4.23. The van der Waals surface area contributed by atoms with E-state index in [0.29, 0.717) is 12.1 Å². The van der Waals surface area contributed by atoms with Crippen molar-refractivity contribution >= 4 is 16.8 Å². The maximum absolute atomic E-state index is 13.1. The molecule has 2 aromatic heterocycles. The zero-order chi connectivity index (χ0) is 21.9. The molecule has 158 valence electrons. The number of nitrogens with zero attached hydrogens (tertiary/aromatic N) is 2. The zero-order valence-corrected chi connectivity index (χ0v) is 17.8. The van der Waals surface area contributed by atoms with Gasteiger partial charge in [-0.15, -0.1) is 0 Å². The number of rotatable bonds is 6. The molecule has 0 spiro atoms. The summed E-state index contributed by atoms with van der Waals surface area (Å²) in [6.07, 6.45) is 3.69. The number of H-pyrrole nitrogens is 1. The van der Waals surface area contributed by atoms with Crippen molar-refractivity contribution in [3.05, 3.63) is 120 Å². The SMILES string of the molecule is Cc1c(C(=O)NC[C@@H](c2ccccc2)c2c[nH]c3ccccc23)cnn1-c1ccccc1. The summed E-state index contributed by atoms with van der Waals surface area (Å²) >= 11 is 0. The molecule has 0 radical (unpaired) electrons.